The van der Waals surface area contributed by atoms with E-state index in [2.05, 4.69) is 5.32 Å². The van der Waals surface area contributed by atoms with Crippen LogP contribution in [0.4, 0.5) is 4.39 Å². The van der Waals surface area contributed by atoms with Crippen LogP contribution >= 0.6 is 11.6 Å². The first-order valence-electron chi connectivity index (χ1n) is 9.86. The molecule has 4 rings (SSSR count). The number of fused-ring (bicyclic) bond motifs is 1. The van der Waals surface area contributed by atoms with Crippen molar-refractivity contribution in [3.8, 4) is 5.75 Å². The summed E-state index contributed by atoms with van der Waals surface area (Å²) in [4.78, 5) is 17.1. The van der Waals surface area contributed by atoms with E-state index in [0.29, 0.717) is 34.9 Å². The highest BCUT2D eigenvalue weighted by Crippen LogP contribution is 2.24. The van der Waals surface area contributed by atoms with Gasteiger partial charge in [-0.25, -0.2) is 9.37 Å². The third-order valence-electron chi connectivity index (χ3n) is 5.10. The van der Waals surface area contributed by atoms with Gasteiger partial charge in [0.05, 0.1) is 24.7 Å². The molecular weight excluding hydrogens is 417 g/mol. The molecule has 4 aromatic rings. The molecule has 0 aliphatic heterocycles. The summed E-state index contributed by atoms with van der Waals surface area (Å²) in [5.74, 6) is 0.902. The van der Waals surface area contributed by atoms with Crippen LogP contribution in [0.25, 0.3) is 11.0 Å². The van der Waals surface area contributed by atoms with Crippen molar-refractivity contribution in [2.45, 2.75) is 13.0 Å². The van der Waals surface area contributed by atoms with Crippen molar-refractivity contribution in [1.82, 2.24) is 14.9 Å². The van der Waals surface area contributed by atoms with Crippen molar-refractivity contribution in [3.63, 3.8) is 0 Å². The van der Waals surface area contributed by atoms with Gasteiger partial charge in [0.1, 0.15) is 17.4 Å². The Labute approximate surface area is 184 Å². The Morgan fingerprint density at radius 3 is 2.61 bits per heavy atom. The zero-order chi connectivity index (χ0) is 21.8. The fraction of sp³-hybridized carbons (Fsp3) is 0.167. The summed E-state index contributed by atoms with van der Waals surface area (Å²) in [6.07, 6.45) is 0.489. The molecule has 0 spiro atoms. The molecule has 0 bridgehead atoms. The van der Waals surface area contributed by atoms with Gasteiger partial charge in [-0.3, -0.25) is 4.79 Å². The molecule has 0 radical (unpaired) electrons. The summed E-state index contributed by atoms with van der Waals surface area (Å²) in [6.45, 7) is 0.646. The minimum absolute atomic E-state index is 0.178. The maximum atomic E-state index is 14.4. The molecule has 0 saturated heterocycles. The lowest BCUT2D eigenvalue weighted by Gasteiger charge is -2.12. The SMILES string of the molecule is COc1ccc(C(=O)NCCc2nc3ccccc3n2Cc2c(F)cccc2Cl)cc1. The first-order valence-corrected chi connectivity index (χ1v) is 10.2. The van der Waals surface area contributed by atoms with Crippen molar-refractivity contribution in [2.75, 3.05) is 13.7 Å². The largest absolute Gasteiger partial charge is 0.497 e. The van der Waals surface area contributed by atoms with Gasteiger partial charge in [-0.2, -0.15) is 0 Å². The zero-order valence-corrected chi connectivity index (χ0v) is 17.7. The lowest BCUT2D eigenvalue weighted by molar-refractivity contribution is 0.0954. The van der Waals surface area contributed by atoms with Crippen LogP contribution in [0.15, 0.2) is 66.7 Å². The average Bonchev–Trinajstić information content (AvgIpc) is 3.13. The number of halogens is 2. The molecule has 31 heavy (non-hydrogen) atoms. The van der Waals surface area contributed by atoms with Crippen LogP contribution < -0.4 is 10.1 Å². The molecule has 0 aliphatic carbocycles. The number of carbonyl (C=O) groups is 1. The Bertz CT molecular complexity index is 1200. The number of benzene rings is 3. The second-order valence-corrected chi connectivity index (χ2v) is 7.44. The normalized spacial score (nSPS) is 10.9. The van der Waals surface area contributed by atoms with Crippen LogP contribution in [0.1, 0.15) is 21.7 Å². The zero-order valence-electron chi connectivity index (χ0n) is 16.9. The third kappa shape index (κ3) is 4.54. The van der Waals surface area contributed by atoms with E-state index in [0.717, 1.165) is 16.9 Å². The molecule has 1 heterocycles. The van der Waals surface area contributed by atoms with E-state index < -0.39 is 0 Å². The number of nitrogens with one attached hydrogen (secondary N) is 1. The third-order valence-corrected chi connectivity index (χ3v) is 5.45. The van der Waals surface area contributed by atoms with Crippen LogP contribution in [0, 0.1) is 5.82 Å². The molecule has 1 amide bonds. The van der Waals surface area contributed by atoms with E-state index in [9.17, 15) is 9.18 Å². The Morgan fingerprint density at radius 1 is 1.10 bits per heavy atom. The van der Waals surface area contributed by atoms with E-state index >= 15 is 0 Å². The quantitative estimate of drug-likeness (QED) is 0.449. The highest BCUT2D eigenvalue weighted by molar-refractivity contribution is 6.31. The molecule has 7 heteroatoms. The standard InChI is InChI=1S/C24H21ClFN3O2/c1-31-17-11-9-16(10-12-17)24(30)27-14-13-23-28-21-7-2-3-8-22(21)29(23)15-18-19(25)5-4-6-20(18)26/h2-12H,13-15H2,1H3,(H,27,30). The van der Waals surface area contributed by atoms with Gasteiger partial charge >= 0.3 is 0 Å². The lowest BCUT2D eigenvalue weighted by atomic mass is 10.2. The molecule has 0 saturated carbocycles. The summed E-state index contributed by atoms with van der Waals surface area (Å²) in [7, 11) is 1.58. The molecule has 5 nitrogen and oxygen atoms in total. The van der Waals surface area contributed by atoms with Crippen LogP contribution in [0.5, 0.6) is 5.75 Å². The number of ether oxygens (including phenoxy) is 1. The van der Waals surface area contributed by atoms with Gasteiger partial charge in [-0.15, -0.1) is 0 Å². The maximum absolute atomic E-state index is 14.4. The molecular formula is C24H21ClFN3O2. The lowest BCUT2D eigenvalue weighted by Crippen LogP contribution is -2.26. The first kappa shape index (κ1) is 20.9. The van der Waals surface area contributed by atoms with Gasteiger partial charge in [-0.1, -0.05) is 29.8 Å². The van der Waals surface area contributed by atoms with Crippen LogP contribution in [-0.2, 0) is 13.0 Å². The number of hydrogen-bond donors (Lipinski definition) is 1. The highest BCUT2D eigenvalue weighted by Gasteiger charge is 2.15. The number of carbonyl (C=O) groups excluding carboxylic acids is 1. The van der Waals surface area contributed by atoms with Crippen molar-refractivity contribution < 1.29 is 13.9 Å². The Kier molecular flexibility index (Phi) is 6.18. The number of aromatic nitrogens is 2. The number of methoxy groups -OCH3 is 1. The first-order chi connectivity index (χ1) is 15.1. The predicted octanol–water partition coefficient (Wildman–Crippen LogP) is 4.86. The molecule has 3 aromatic carbocycles. The summed E-state index contributed by atoms with van der Waals surface area (Å²) in [5.41, 5.74) is 2.66. The van der Waals surface area contributed by atoms with Crippen molar-refractivity contribution in [2.24, 2.45) is 0 Å². The number of para-hydroxylation sites is 2. The predicted molar refractivity (Wildman–Crippen MR) is 119 cm³/mol. The van der Waals surface area contributed by atoms with Crippen LogP contribution in [0.2, 0.25) is 5.02 Å². The fourth-order valence-corrected chi connectivity index (χ4v) is 3.69. The molecule has 0 fully saturated rings. The van der Waals surface area contributed by atoms with Gasteiger partial charge in [-0.05, 0) is 48.5 Å². The molecule has 1 N–H and O–H groups in total. The van der Waals surface area contributed by atoms with E-state index in [1.165, 1.54) is 6.07 Å². The molecule has 1 aromatic heterocycles. The Morgan fingerprint density at radius 2 is 1.87 bits per heavy atom. The Hall–Kier alpha value is -3.38. The monoisotopic (exact) mass is 437 g/mol. The van der Waals surface area contributed by atoms with Gasteiger partial charge in [0, 0.05) is 29.1 Å². The smallest absolute Gasteiger partial charge is 0.251 e. The number of hydrogen-bond acceptors (Lipinski definition) is 3. The summed E-state index contributed by atoms with van der Waals surface area (Å²) in [6, 6.07) is 19.2. The van der Waals surface area contributed by atoms with E-state index in [4.69, 9.17) is 21.3 Å². The summed E-state index contributed by atoms with van der Waals surface area (Å²) >= 11 is 6.25. The fourth-order valence-electron chi connectivity index (χ4n) is 3.47. The van der Waals surface area contributed by atoms with E-state index in [-0.39, 0.29) is 18.3 Å². The van der Waals surface area contributed by atoms with Crippen LogP contribution in [0.3, 0.4) is 0 Å². The van der Waals surface area contributed by atoms with Crippen LogP contribution in [-0.4, -0.2) is 29.1 Å². The second-order valence-electron chi connectivity index (χ2n) is 7.04. The van der Waals surface area contributed by atoms with Crippen molar-refractivity contribution in [3.05, 3.63) is 94.5 Å². The minimum atomic E-state index is -0.357. The van der Waals surface area contributed by atoms with Gasteiger partial charge in [0.25, 0.3) is 5.91 Å². The molecule has 0 aliphatic rings. The molecule has 158 valence electrons. The highest BCUT2D eigenvalue weighted by atomic mass is 35.5. The summed E-state index contributed by atoms with van der Waals surface area (Å²) < 4.78 is 21.4. The van der Waals surface area contributed by atoms with E-state index in [1.54, 1.807) is 43.5 Å². The molecule has 0 unspecified atom stereocenters. The number of rotatable bonds is 7. The van der Waals surface area contributed by atoms with E-state index in [1.807, 2.05) is 28.8 Å². The summed E-state index contributed by atoms with van der Waals surface area (Å²) in [5, 5.41) is 3.28. The second kappa shape index (κ2) is 9.18. The Balaban J connectivity index is 1.53. The number of imidazole rings is 1. The van der Waals surface area contributed by atoms with Gasteiger partial charge < -0.3 is 14.6 Å². The topological polar surface area (TPSA) is 56.1 Å². The van der Waals surface area contributed by atoms with Crippen molar-refractivity contribution in [1.29, 1.82) is 0 Å². The van der Waals surface area contributed by atoms with Crippen molar-refractivity contribution >= 4 is 28.5 Å². The molecule has 0 atom stereocenters. The minimum Gasteiger partial charge on any atom is -0.497 e. The van der Waals surface area contributed by atoms with Gasteiger partial charge in [0.15, 0.2) is 0 Å². The maximum Gasteiger partial charge on any atom is 0.251 e. The number of amides is 1. The van der Waals surface area contributed by atoms with Gasteiger partial charge in [0.2, 0.25) is 0 Å². The number of nitrogens with zero attached hydrogens (tertiary/aromatic N) is 2. The average molecular weight is 438 g/mol.